The molecule has 2 unspecified atom stereocenters. The summed E-state index contributed by atoms with van der Waals surface area (Å²) in [6.45, 7) is 4.84. The average molecular weight is 319 g/mol. The molecule has 1 aromatic rings. The first-order valence-corrected chi connectivity index (χ1v) is 7.07. The molecule has 2 atom stereocenters. The molecule has 102 valence electrons. The molecule has 4 nitrogen and oxygen atoms in total. The number of rotatable bonds is 7. The number of halogens is 1. The van der Waals surface area contributed by atoms with Gasteiger partial charge in [0.05, 0.1) is 19.3 Å². The zero-order valence-electron chi connectivity index (χ0n) is 10.6. The zero-order chi connectivity index (χ0) is 13.5. The standard InChI is InChI=1S/C13H19BrO4/c1-3-17-11-6-5-9(7-12(11)18-4-2)13(16)10(15)8-14/h5-7,10,13,15-16H,3-4,8H2,1-2H3. The van der Waals surface area contributed by atoms with E-state index in [1.54, 1.807) is 18.2 Å². The van der Waals surface area contributed by atoms with E-state index in [9.17, 15) is 10.2 Å². The van der Waals surface area contributed by atoms with Crippen molar-refractivity contribution in [3.8, 4) is 11.5 Å². The number of ether oxygens (including phenoxy) is 2. The normalized spacial score (nSPS) is 14.1. The van der Waals surface area contributed by atoms with Crippen molar-refractivity contribution in [2.45, 2.75) is 26.1 Å². The maximum Gasteiger partial charge on any atom is 0.161 e. The van der Waals surface area contributed by atoms with E-state index >= 15 is 0 Å². The van der Waals surface area contributed by atoms with Gasteiger partial charge >= 0.3 is 0 Å². The van der Waals surface area contributed by atoms with Gasteiger partial charge in [0.2, 0.25) is 0 Å². The Labute approximate surface area is 116 Å². The summed E-state index contributed by atoms with van der Waals surface area (Å²) in [4.78, 5) is 0. The molecule has 1 aromatic carbocycles. The van der Waals surface area contributed by atoms with E-state index in [2.05, 4.69) is 15.9 Å². The van der Waals surface area contributed by atoms with Crippen LogP contribution >= 0.6 is 15.9 Å². The maximum atomic E-state index is 9.93. The minimum atomic E-state index is -0.945. The molecular formula is C13H19BrO4. The average Bonchev–Trinajstić information content (AvgIpc) is 2.39. The highest BCUT2D eigenvalue weighted by Crippen LogP contribution is 2.31. The first kappa shape index (κ1) is 15.3. The number of aliphatic hydroxyl groups excluding tert-OH is 2. The van der Waals surface area contributed by atoms with Gasteiger partial charge in [0.1, 0.15) is 6.10 Å². The van der Waals surface area contributed by atoms with Gasteiger partial charge in [-0.3, -0.25) is 0 Å². The van der Waals surface area contributed by atoms with Crippen LogP contribution in [-0.2, 0) is 0 Å². The Bertz CT molecular complexity index is 370. The quantitative estimate of drug-likeness (QED) is 0.757. The van der Waals surface area contributed by atoms with Crippen molar-refractivity contribution < 1.29 is 19.7 Å². The van der Waals surface area contributed by atoms with Crippen LogP contribution in [0.25, 0.3) is 0 Å². The molecule has 0 aliphatic rings. The van der Waals surface area contributed by atoms with Gasteiger partial charge in [-0.25, -0.2) is 0 Å². The summed E-state index contributed by atoms with van der Waals surface area (Å²) >= 11 is 3.14. The SMILES string of the molecule is CCOc1ccc(C(O)C(O)CBr)cc1OCC. The van der Waals surface area contributed by atoms with E-state index in [-0.39, 0.29) is 0 Å². The van der Waals surface area contributed by atoms with Crippen molar-refractivity contribution in [2.24, 2.45) is 0 Å². The molecule has 18 heavy (non-hydrogen) atoms. The van der Waals surface area contributed by atoms with Gasteiger partial charge in [-0.1, -0.05) is 22.0 Å². The second-order valence-corrected chi connectivity index (χ2v) is 4.39. The lowest BCUT2D eigenvalue weighted by atomic mass is 10.0. The minimum Gasteiger partial charge on any atom is -0.490 e. The van der Waals surface area contributed by atoms with Gasteiger partial charge in [0.15, 0.2) is 11.5 Å². The molecule has 1 rings (SSSR count). The number of hydrogen-bond donors (Lipinski definition) is 2. The van der Waals surface area contributed by atoms with E-state index in [0.29, 0.717) is 35.6 Å². The molecule has 0 saturated carbocycles. The monoisotopic (exact) mass is 318 g/mol. The lowest BCUT2D eigenvalue weighted by Gasteiger charge is -2.18. The van der Waals surface area contributed by atoms with E-state index in [1.807, 2.05) is 13.8 Å². The van der Waals surface area contributed by atoms with Gasteiger partial charge in [0, 0.05) is 5.33 Å². The van der Waals surface area contributed by atoms with E-state index in [0.717, 1.165) is 0 Å². The topological polar surface area (TPSA) is 58.9 Å². The predicted molar refractivity (Wildman–Crippen MR) is 73.5 cm³/mol. The highest BCUT2D eigenvalue weighted by molar-refractivity contribution is 9.09. The summed E-state index contributed by atoms with van der Waals surface area (Å²) in [7, 11) is 0. The fourth-order valence-electron chi connectivity index (χ4n) is 1.56. The van der Waals surface area contributed by atoms with Gasteiger partial charge in [-0.2, -0.15) is 0 Å². The molecule has 0 aliphatic heterocycles. The van der Waals surface area contributed by atoms with Crippen molar-refractivity contribution in [2.75, 3.05) is 18.5 Å². The lowest BCUT2D eigenvalue weighted by molar-refractivity contribution is 0.0341. The largest absolute Gasteiger partial charge is 0.490 e. The van der Waals surface area contributed by atoms with Crippen LogP contribution in [0.2, 0.25) is 0 Å². The lowest BCUT2D eigenvalue weighted by Crippen LogP contribution is -2.19. The van der Waals surface area contributed by atoms with Crippen LogP contribution in [0.4, 0.5) is 0 Å². The zero-order valence-corrected chi connectivity index (χ0v) is 12.2. The Balaban J connectivity index is 2.98. The molecule has 0 saturated heterocycles. The summed E-state index contributed by atoms with van der Waals surface area (Å²) in [5.41, 5.74) is 0.605. The van der Waals surface area contributed by atoms with Crippen LogP contribution in [0.1, 0.15) is 25.5 Å². The second kappa shape index (κ2) is 7.61. The Hall–Kier alpha value is -0.780. The highest BCUT2D eigenvalue weighted by atomic mass is 79.9. The number of hydrogen-bond acceptors (Lipinski definition) is 4. The van der Waals surface area contributed by atoms with Gasteiger partial charge in [-0.15, -0.1) is 0 Å². The molecule has 2 N–H and O–H groups in total. The van der Waals surface area contributed by atoms with Crippen molar-refractivity contribution in [1.29, 1.82) is 0 Å². The second-order valence-electron chi connectivity index (χ2n) is 3.74. The molecule has 0 bridgehead atoms. The van der Waals surface area contributed by atoms with Crippen LogP contribution in [0, 0.1) is 0 Å². The van der Waals surface area contributed by atoms with E-state index in [4.69, 9.17) is 9.47 Å². The Morgan fingerprint density at radius 3 is 2.28 bits per heavy atom. The summed E-state index contributed by atoms with van der Waals surface area (Å²) in [5, 5.41) is 19.8. The Morgan fingerprint density at radius 2 is 1.72 bits per heavy atom. The molecule has 0 fully saturated rings. The summed E-state index contributed by atoms with van der Waals surface area (Å²) < 4.78 is 10.9. The van der Waals surface area contributed by atoms with Crippen LogP contribution in [0.5, 0.6) is 11.5 Å². The van der Waals surface area contributed by atoms with Crippen molar-refractivity contribution in [3.05, 3.63) is 23.8 Å². The molecule has 0 heterocycles. The summed E-state index contributed by atoms with van der Waals surface area (Å²) in [6, 6.07) is 5.17. The molecule has 0 spiro atoms. The van der Waals surface area contributed by atoms with Gasteiger partial charge < -0.3 is 19.7 Å². The van der Waals surface area contributed by atoms with Gasteiger partial charge in [0.25, 0.3) is 0 Å². The first-order chi connectivity index (χ1) is 8.63. The molecule has 0 radical (unpaired) electrons. The maximum absolute atomic E-state index is 9.93. The molecule has 0 aliphatic carbocycles. The van der Waals surface area contributed by atoms with Gasteiger partial charge in [-0.05, 0) is 31.5 Å². The number of benzene rings is 1. The first-order valence-electron chi connectivity index (χ1n) is 5.95. The predicted octanol–water partition coefficient (Wildman–Crippen LogP) is 2.27. The molecular weight excluding hydrogens is 300 g/mol. The fraction of sp³-hybridized carbons (Fsp3) is 0.538. The van der Waals surface area contributed by atoms with Crippen LogP contribution in [-0.4, -0.2) is 34.9 Å². The molecule has 0 aromatic heterocycles. The fourth-order valence-corrected chi connectivity index (χ4v) is 1.91. The third-order valence-corrected chi connectivity index (χ3v) is 3.09. The number of alkyl halides is 1. The third kappa shape index (κ3) is 3.86. The van der Waals surface area contributed by atoms with E-state index in [1.165, 1.54) is 0 Å². The highest BCUT2D eigenvalue weighted by Gasteiger charge is 2.19. The van der Waals surface area contributed by atoms with Crippen LogP contribution in [0.3, 0.4) is 0 Å². The van der Waals surface area contributed by atoms with Crippen molar-refractivity contribution >= 4 is 15.9 Å². The van der Waals surface area contributed by atoms with Crippen LogP contribution in [0.15, 0.2) is 18.2 Å². The van der Waals surface area contributed by atoms with Crippen molar-refractivity contribution in [1.82, 2.24) is 0 Å². The molecule has 5 heteroatoms. The van der Waals surface area contributed by atoms with Crippen molar-refractivity contribution in [3.63, 3.8) is 0 Å². The Morgan fingerprint density at radius 1 is 1.11 bits per heavy atom. The van der Waals surface area contributed by atoms with Crippen LogP contribution < -0.4 is 9.47 Å². The minimum absolute atomic E-state index is 0.311. The third-order valence-electron chi connectivity index (χ3n) is 2.43. The smallest absolute Gasteiger partial charge is 0.161 e. The molecule has 0 amide bonds. The van der Waals surface area contributed by atoms with E-state index < -0.39 is 12.2 Å². The Kier molecular flexibility index (Phi) is 6.46. The summed E-state index contributed by atoms with van der Waals surface area (Å²) in [5.74, 6) is 1.22. The number of aliphatic hydroxyl groups is 2. The summed E-state index contributed by atoms with van der Waals surface area (Å²) in [6.07, 6.45) is -1.79.